The summed E-state index contributed by atoms with van der Waals surface area (Å²) in [6.45, 7) is 4.64. The highest BCUT2D eigenvalue weighted by atomic mass is 35.5. The van der Waals surface area contributed by atoms with Crippen LogP contribution in [-0.4, -0.2) is 67.7 Å². The van der Waals surface area contributed by atoms with Crippen LogP contribution >= 0.6 is 23.4 Å². The Morgan fingerprint density at radius 2 is 1.79 bits per heavy atom. The maximum atomic E-state index is 13.2. The van der Waals surface area contributed by atoms with Crippen LogP contribution in [0.2, 0.25) is 5.02 Å². The van der Waals surface area contributed by atoms with Crippen LogP contribution in [0.15, 0.2) is 59.8 Å². The van der Waals surface area contributed by atoms with Gasteiger partial charge in [-0.05, 0) is 42.2 Å². The molecule has 3 heterocycles. The molecule has 1 amide bonds. The average molecular weight is 480 g/mol. The molecule has 0 atom stereocenters. The minimum Gasteiger partial charge on any atom is -0.351 e. The molecule has 0 spiro atoms. The molecule has 2 aromatic heterocycles. The van der Waals surface area contributed by atoms with E-state index in [1.807, 2.05) is 41.3 Å². The van der Waals surface area contributed by atoms with Crippen LogP contribution in [0.5, 0.6) is 0 Å². The van der Waals surface area contributed by atoms with Crippen LogP contribution in [0, 0.1) is 0 Å². The number of aromatic nitrogens is 5. The normalized spacial score (nSPS) is 14.1. The molecule has 1 fully saturated rings. The molecule has 2 aromatic carbocycles. The first-order valence-electron chi connectivity index (χ1n) is 10.7. The molecule has 10 heteroatoms. The van der Waals surface area contributed by atoms with Gasteiger partial charge in [-0.1, -0.05) is 35.9 Å². The number of thioether (sulfide) groups is 1. The average Bonchev–Trinajstić information content (AvgIpc) is 3.29. The number of benzene rings is 2. The number of rotatable bonds is 5. The molecule has 0 radical (unpaired) electrons. The number of piperazine rings is 1. The molecule has 0 bridgehead atoms. The van der Waals surface area contributed by atoms with E-state index in [0.717, 1.165) is 27.7 Å². The van der Waals surface area contributed by atoms with Crippen molar-refractivity contribution in [2.45, 2.75) is 11.8 Å². The summed E-state index contributed by atoms with van der Waals surface area (Å²) in [5, 5.41) is 9.30. The molecule has 5 rings (SSSR count). The highest BCUT2D eigenvalue weighted by Crippen LogP contribution is 2.26. The van der Waals surface area contributed by atoms with Gasteiger partial charge in [0.25, 0.3) is 5.91 Å². The van der Waals surface area contributed by atoms with Crippen molar-refractivity contribution >= 4 is 46.3 Å². The fraction of sp³-hybridized carbons (Fsp3) is 0.261. The Morgan fingerprint density at radius 1 is 1.03 bits per heavy atom. The molecular weight excluding hydrogens is 458 g/mol. The van der Waals surface area contributed by atoms with Gasteiger partial charge in [-0.25, -0.2) is 9.97 Å². The summed E-state index contributed by atoms with van der Waals surface area (Å²) in [7, 11) is 0. The van der Waals surface area contributed by atoms with E-state index in [2.05, 4.69) is 32.1 Å². The summed E-state index contributed by atoms with van der Waals surface area (Å²) in [6, 6.07) is 15.2. The molecular formula is C23H22ClN7OS. The molecule has 1 aliphatic rings. The van der Waals surface area contributed by atoms with Crippen molar-refractivity contribution < 1.29 is 4.79 Å². The van der Waals surface area contributed by atoms with E-state index in [0.29, 0.717) is 42.4 Å². The lowest BCUT2D eigenvalue weighted by atomic mass is 10.2. The van der Waals surface area contributed by atoms with Crippen molar-refractivity contribution in [3.05, 3.63) is 65.4 Å². The maximum absolute atomic E-state index is 13.2. The summed E-state index contributed by atoms with van der Waals surface area (Å²) in [6.07, 6.45) is 1.53. The van der Waals surface area contributed by atoms with Crippen LogP contribution in [0.3, 0.4) is 0 Å². The van der Waals surface area contributed by atoms with Crippen molar-refractivity contribution in [1.29, 1.82) is 0 Å². The van der Waals surface area contributed by atoms with E-state index >= 15 is 0 Å². The molecule has 4 aromatic rings. The monoisotopic (exact) mass is 479 g/mol. The number of hydrogen-bond donors (Lipinski definition) is 0. The second-order valence-electron chi connectivity index (χ2n) is 7.56. The van der Waals surface area contributed by atoms with Gasteiger partial charge in [0, 0.05) is 36.1 Å². The third kappa shape index (κ3) is 4.26. The lowest BCUT2D eigenvalue weighted by Crippen LogP contribution is -2.49. The predicted molar refractivity (Wildman–Crippen MR) is 130 cm³/mol. The van der Waals surface area contributed by atoms with Gasteiger partial charge in [0.15, 0.2) is 17.0 Å². The SMILES string of the molecule is CCSc1ccccc1C(=O)N1CCN(c2ncnc3c2nnn3-c2ccc(Cl)cc2)CC1. The van der Waals surface area contributed by atoms with E-state index in [-0.39, 0.29) is 5.91 Å². The van der Waals surface area contributed by atoms with E-state index < -0.39 is 0 Å². The molecule has 0 N–H and O–H groups in total. The van der Waals surface area contributed by atoms with Crippen LogP contribution < -0.4 is 4.90 Å². The van der Waals surface area contributed by atoms with Crippen LogP contribution in [0.1, 0.15) is 17.3 Å². The van der Waals surface area contributed by atoms with E-state index in [9.17, 15) is 4.79 Å². The molecule has 0 saturated carbocycles. The highest BCUT2D eigenvalue weighted by molar-refractivity contribution is 7.99. The summed E-state index contributed by atoms with van der Waals surface area (Å²) < 4.78 is 1.68. The Morgan fingerprint density at radius 3 is 2.55 bits per heavy atom. The molecule has 0 aliphatic carbocycles. The van der Waals surface area contributed by atoms with Gasteiger partial charge >= 0.3 is 0 Å². The molecule has 8 nitrogen and oxygen atoms in total. The number of nitrogens with zero attached hydrogens (tertiary/aromatic N) is 7. The third-order valence-corrected chi connectivity index (χ3v) is 6.78. The van der Waals surface area contributed by atoms with Crippen LogP contribution in [0.25, 0.3) is 16.9 Å². The predicted octanol–water partition coefficient (Wildman–Crippen LogP) is 3.94. The van der Waals surface area contributed by atoms with Gasteiger partial charge in [0.1, 0.15) is 6.33 Å². The first-order chi connectivity index (χ1) is 16.2. The van der Waals surface area contributed by atoms with Crippen molar-refractivity contribution in [3.63, 3.8) is 0 Å². The fourth-order valence-corrected chi connectivity index (χ4v) is 4.86. The third-order valence-electron chi connectivity index (χ3n) is 5.57. The van der Waals surface area contributed by atoms with Gasteiger partial charge in [0.2, 0.25) is 0 Å². The van der Waals surface area contributed by atoms with E-state index in [1.54, 1.807) is 28.6 Å². The van der Waals surface area contributed by atoms with Gasteiger partial charge in [-0.15, -0.1) is 16.9 Å². The smallest absolute Gasteiger partial charge is 0.255 e. The topological polar surface area (TPSA) is 80.0 Å². The zero-order valence-corrected chi connectivity index (χ0v) is 19.6. The quantitative estimate of drug-likeness (QED) is 0.401. The van der Waals surface area contributed by atoms with Crippen LogP contribution in [-0.2, 0) is 0 Å². The number of amides is 1. The molecule has 0 unspecified atom stereocenters. The highest BCUT2D eigenvalue weighted by Gasteiger charge is 2.26. The van der Waals surface area contributed by atoms with Crippen LogP contribution in [0.4, 0.5) is 5.82 Å². The summed E-state index contributed by atoms with van der Waals surface area (Å²) in [5.74, 6) is 1.74. The van der Waals surface area contributed by atoms with Gasteiger partial charge in [-0.3, -0.25) is 4.79 Å². The molecule has 1 saturated heterocycles. The van der Waals surface area contributed by atoms with Crippen molar-refractivity contribution in [1.82, 2.24) is 29.9 Å². The summed E-state index contributed by atoms with van der Waals surface area (Å²) in [4.78, 5) is 27.1. The van der Waals surface area contributed by atoms with Gasteiger partial charge < -0.3 is 9.80 Å². The molecule has 168 valence electrons. The Labute approximate surface area is 200 Å². The lowest BCUT2D eigenvalue weighted by molar-refractivity contribution is 0.0743. The van der Waals surface area contributed by atoms with E-state index in [4.69, 9.17) is 11.6 Å². The lowest BCUT2D eigenvalue weighted by Gasteiger charge is -2.35. The first kappa shape index (κ1) is 21.7. The zero-order valence-electron chi connectivity index (χ0n) is 18.1. The van der Waals surface area contributed by atoms with Crippen molar-refractivity contribution in [2.75, 3.05) is 36.8 Å². The van der Waals surface area contributed by atoms with Gasteiger partial charge in [-0.2, -0.15) is 4.68 Å². The standard InChI is InChI=1S/C23H22ClN7OS/c1-2-33-19-6-4-3-5-18(19)23(32)30-13-11-29(12-14-30)21-20-22(26-15-25-21)31(28-27-20)17-9-7-16(24)8-10-17/h3-10,15H,2,11-14H2,1H3. The Balaban J connectivity index is 1.35. The second kappa shape index (κ2) is 9.36. The first-order valence-corrected chi connectivity index (χ1v) is 12.1. The number of hydrogen-bond acceptors (Lipinski definition) is 7. The fourth-order valence-electron chi connectivity index (χ4n) is 3.94. The maximum Gasteiger partial charge on any atom is 0.255 e. The zero-order chi connectivity index (χ0) is 22.8. The largest absolute Gasteiger partial charge is 0.351 e. The number of carbonyl (C=O) groups excluding carboxylic acids is 1. The van der Waals surface area contributed by atoms with Crippen molar-refractivity contribution in [2.24, 2.45) is 0 Å². The second-order valence-corrected chi connectivity index (χ2v) is 9.30. The number of fused-ring (bicyclic) bond motifs is 1. The Kier molecular flexibility index (Phi) is 6.15. The number of anilines is 1. The minimum atomic E-state index is 0.0766. The molecule has 1 aliphatic heterocycles. The Hall–Kier alpha value is -3.17. The Bertz CT molecular complexity index is 1290. The van der Waals surface area contributed by atoms with E-state index in [1.165, 1.54) is 6.33 Å². The van der Waals surface area contributed by atoms with Crippen molar-refractivity contribution in [3.8, 4) is 5.69 Å². The minimum absolute atomic E-state index is 0.0766. The summed E-state index contributed by atoms with van der Waals surface area (Å²) in [5.41, 5.74) is 2.86. The number of halogens is 1. The van der Waals surface area contributed by atoms with Gasteiger partial charge in [0.05, 0.1) is 11.3 Å². The summed E-state index contributed by atoms with van der Waals surface area (Å²) >= 11 is 7.70. The number of carbonyl (C=O) groups is 1. The molecule has 33 heavy (non-hydrogen) atoms.